The zero-order valence-corrected chi connectivity index (χ0v) is 15.9. The number of hydrogen-bond acceptors (Lipinski definition) is 4. The van der Waals surface area contributed by atoms with E-state index in [0.717, 1.165) is 17.4 Å². The molecule has 1 heterocycles. The number of carbonyl (C=O) groups excluding carboxylic acids is 2. The van der Waals surface area contributed by atoms with Crippen molar-refractivity contribution in [2.75, 3.05) is 13.2 Å². The van der Waals surface area contributed by atoms with E-state index in [1.54, 1.807) is 0 Å². The van der Waals surface area contributed by atoms with Crippen molar-refractivity contribution in [3.8, 4) is 0 Å². The maximum Gasteiger partial charge on any atom is 0.411 e. The van der Waals surface area contributed by atoms with Crippen LogP contribution in [0.2, 0.25) is 0 Å². The highest BCUT2D eigenvalue weighted by molar-refractivity contribution is 5.74. The zero-order chi connectivity index (χ0) is 19.5. The van der Waals surface area contributed by atoms with Gasteiger partial charge in [-0.2, -0.15) is 0 Å². The fourth-order valence-electron chi connectivity index (χ4n) is 3.28. The van der Waals surface area contributed by atoms with E-state index in [2.05, 4.69) is 0 Å². The van der Waals surface area contributed by atoms with Crippen molar-refractivity contribution in [3.05, 3.63) is 71.8 Å². The van der Waals surface area contributed by atoms with Gasteiger partial charge in [-0.15, -0.1) is 0 Å². The van der Waals surface area contributed by atoms with Crippen LogP contribution in [-0.2, 0) is 19.9 Å². The second kappa shape index (κ2) is 7.53. The van der Waals surface area contributed by atoms with Gasteiger partial charge >= 0.3 is 6.09 Å². The Balaban J connectivity index is 2.04. The van der Waals surface area contributed by atoms with Gasteiger partial charge in [0.2, 0.25) is 0 Å². The summed E-state index contributed by atoms with van der Waals surface area (Å²) in [5.74, 6) is 0. The van der Waals surface area contributed by atoms with Crippen LogP contribution in [0, 0.1) is 0 Å². The highest BCUT2D eigenvalue weighted by Crippen LogP contribution is 2.38. The number of benzene rings is 2. The van der Waals surface area contributed by atoms with Gasteiger partial charge in [0.05, 0.1) is 13.2 Å². The molecule has 0 aliphatic carbocycles. The van der Waals surface area contributed by atoms with E-state index in [-0.39, 0.29) is 13.2 Å². The van der Waals surface area contributed by atoms with E-state index in [1.807, 2.05) is 81.4 Å². The Morgan fingerprint density at radius 3 is 2.04 bits per heavy atom. The molecule has 1 aliphatic heterocycles. The minimum Gasteiger partial charge on any atom is -0.444 e. The molecule has 3 rings (SSSR count). The molecule has 2 aromatic carbocycles. The molecule has 1 saturated heterocycles. The van der Waals surface area contributed by atoms with Crippen LogP contribution in [0.1, 0.15) is 31.9 Å². The number of hydrogen-bond donors (Lipinski definition) is 0. The van der Waals surface area contributed by atoms with E-state index >= 15 is 0 Å². The summed E-state index contributed by atoms with van der Waals surface area (Å²) in [6, 6.07) is 18.8. The third kappa shape index (κ3) is 4.03. The minimum absolute atomic E-state index is 0.104. The lowest BCUT2D eigenvalue weighted by Gasteiger charge is -2.46. The Morgan fingerprint density at radius 1 is 1.07 bits per heavy atom. The van der Waals surface area contributed by atoms with Gasteiger partial charge < -0.3 is 14.3 Å². The molecule has 0 spiro atoms. The van der Waals surface area contributed by atoms with Gasteiger partial charge in [0.15, 0.2) is 0 Å². The summed E-state index contributed by atoms with van der Waals surface area (Å²) in [6.07, 6.45) is 0.225. The highest BCUT2D eigenvalue weighted by atomic mass is 16.6. The Hall–Kier alpha value is -2.66. The first-order chi connectivity index (χ1) is 12.9. The second-order valence-electron chi connectivity index (χ2n) is 7.68. The molecule has 1 amide bonds. The maximum atomic E-state index is 12.8. The van der Waals surface area contributed by atoms with Gasteiger partial charge in [-0.1, -0.05) is 60.7 Å². The van der Waals surface area contributed by atoms with Gasteiger partial charge in [-0.3, -0.25) is 4.90 Å². The topological polar surface area (TPSA) is 55.8 Å². The van der Waals surface area contributed by atoms with Crippen LogP contribution in [0.4, 0.5) is 4.79 Å². The monoisotopic (exact) mass is 367 g/mol. The van der Waals surface area contributed by atoms with E-state index in [4.69, 9.17) is 9.47 Å². The van der Waals surface area contributed by atoms with Crippen LogP contribution in [0.15, 0.2) is 60.7 Å². The van der Waals surface area contributed by atoms with Gasteiger partial charge in [-0.05, 0) is 31.9 Å². The van der Waals surface area contributed by atoms with Gasteiger partial charge in [0.1, 0.15) is 23.5 Å². The molecule has 5 heteroatoms. The molecule has 0 radical (unpaired) electrons. The molecule has 0 bridgehead atoms. The smallest absolute Gasteiger partial charge is 0.411 e. The lowest BCUT2D eigenvalue weighted by molar-refractivity contribution is -0.135. The second-order valence-corrected chi connectivity index (χ2v) is 7.68. The molecule has 5 nitrogen and oxygen atoms in total. The molecule has 0 unspecified atom stereocenters. The summed E-state index contributed by atoms with van der Waals surface area (Å²) in [5, 5.41) is 0. The average molecular weight is 367 g/mol. The first-order valence-corrected chi connectivity index (χ1v) is 9.06. The van der Waals surface area contributed by atoms with Crippen LogP contribution in [0.25, 0.3) is 0 Å². The maximum absolute atomic E-state index is 12.8. The van der Waals surface area contributed by atoms with Crippen molar-refractivity contribution in [1.29, 1.82) is 0 Å². The molecule has 142 valence electrons. The first-order valence-electron chi connectivity index (χ1n) is 9.06. The van der Waals surface area contributed by atoms with E-state index in [9.17, 15) is 9.59 Å². The van der Waals surface area contributed by atoms with Crippen LogP contribution in [0.3, 0.4) is 0 Å². The highest BCUT2D eigenvalue weighted by Gasteiger charge is 2.46. The van der Waals surface area contributed by atoms with E-state index in [0.29, 0.717) is 0 Å². The lowest BCUT2D eigenvalue weighted by Crippen LogP contribution is -2.58. The quantitative estimate of drug-likeness (QED) is 0.775. The van der Waals surface area contributed by atoms with Crippen molar-refractivity contribution in [2.45, 2.75) is 38.0 Å². The molecule has 0 aromatic heterocycles. The number of ether oxygens (including phenoxy) is 2. The lowest BCUT2D eigenvalue weighted by atomic mass is 9.84. The van der Waals surface area contributed by atoms with Crippen LogP contribution >= 0.6 is 0 Å². The van der Waals surface area contributed by atoms with E-state index in [1.165, 1.54) is 4.90 Å². The first kappa shape index (κ1) is 19.1. The third-order valence-corrected chi connectivity index (χ3v) is 4.56. The van der Waals surface area contributed by atoms with E-state index < -0.39 is 23.3 Å². The van der Waals surface area contributed by atoms with Crippen molar-refractivity contribution < 1.29 is 19.1 Å². The Labute approximate surface area is 159 Å². The van der Waals surface area contributed by atoms with Gasteiger partial charge in [0, 0.05) is 0 Å². The van der Waals surface area contributed by atoms with Crippen LogP contribution in [0.5, 0.6) is 0 Å². The molecule has 1 atom stereocenters. The predicted molar refractivity (Wildman–Crippen MR) is 102 cm³/mol. The summed E-state index contributed by atoms with van der Waals surface area (Å²) in [7, 11) is 0. The zero-order valence-electron chi connectivity index (χ0n) is 15.9. The number of carbonyl (C=O) groups is 2. The van der Waals surface area contributed by atoms with Crippen molar-refractivity contribution in [3.63, 3.8) is 0 Å². The van der Waals surface area contributed by atoms with Crippen molar-refractivity contribution >= 4 is 12.4 Å². The minimum atomic E-state index is -0.862. The summed E-state index contributed by atoms with van der Waals surface area (Å²) in [6.45, 7) is 5.72. The van der Waals surface area contributed by atoms with Gasteiger partial charge in [-0.25, -0.2) is 4.79 Å². The number of morpholine rings is 1. The van der Waals surface area contributed by atoms with Crippen LogP contribution < -0.4 is 0 Å². The fraction of sp³-hybridized carbons (Fsp3) is 0.364. The standard InChI is InChI=1S/C22H25NO4/c1-21(2,3)27-20(25)23-16-22(26-15-19(23)14-24,17-10-6-4-7-11-17)18-12-8-5-9-13-18/h4-14,19H,15-16H2,1-3H3/t19-/m0/s1. The molecular formula is C22H25NO4. The predicted octanol–water partition coefficient (Wildman–Crippen LogP) is 3.77. The average Bonchev–Trinajstić information content (AvgIpc) is 2.67. The Morgan fingerprint density at radius 2 is 1.59 bits per heavy atom. The van der Waals surface area contributed by atoms with Crippen molar-refractivity contribution in [1.82, 2.24) is 4.90 Å². The molecule has 27 heavy (non-hydrogen) atoms. The molecule has 0 saturated carbocycles. The fourth-order valence-corrected chi connectivity index (χ4v) is 3.28. The molecule has 0 N–H and O–H groups in total. The Kier molecular flexibility index (Phi) is 5.33. The van der Waals surface area contributed by atoms with Crippen LogP contribution in [-0.4, -0.2) is 42.1 Å². The number of amides is 1. The largest absolute Gasteiger partial charge is 0.444 e. The molecule has 1 fully saturated rings. The SMILES string of the molecule is CC(C)(C)OC(=O)N1CC(c2ccccc2)(c2ccccc2)OC[C@@H]1C=O. The normalized spacial score (nSPS) is 19.4. The third-order valence-electron chi connectivity index (χ3n) is 4.56. The summed E-state index contributed by atoms with van der Waals surface area (Å²) >= 11 is 0. The van der Waals surface area contributed by atoms with Crippen molar-refractivity contribution in [2.24, 2.45) is 0 Å². The molecule has 1 aliphatic rings. The molecule has 2 aromatic rings. The number of nitrogens with zero attached hydrogens (tertiary/aromatic N) is 1. The molecular weight excluding hydrogens is 342 g/mol. The Bertz CT molecular complexity index is 743. The number of aldehydes is 1. The summed E-state index contributed by atoms with van der Waals surface area (Å²) in [5.41, 5.74) is 0.340. The summed E-state index contributed by atoms with van der Waals surface area (Å²) in [4.78, 5) is 25.9. The summed E-state index contributed by atoms with van der Waals surface area (Å²) < 4.78 is 11.8. The van der Waals surface area contributed by atoms with Gasteiger partial charge in [0.25, 0.3) is 0 Å². The number of rotatable bonds is 3.